The summed E-state index contributed by atoms with van der Waals surface area (Å²) in [5.74, 6) is 0. The van der Waals surface area contributed by atoms with Crippen LogP contribution in [-0.4, -0.2) is 14.4 Å². The van der Waals surface area contributed by atoms with Crippen LogP contribution in [0.25, 0.3) is 27.7 Å². The Kier molecular flexibility index (Phi) is 2.66. The summed E-state index contributed by atoms with van der Waals surface area (Å²) in [5, 5.41) is 1.75. The molecule has 106 valence electrons. The van der Waals surface area contributed by atoms with Crippen LogP contribution < -0.4 is 11.3 Å². The minimum absolute atomic E-state index is 0.124. The summed E-state index contributed by atoms with van der Waals surface area (Å²) in [7, 11) is 0. The molecule has 0 saturated heterocycles. The van der Waals surface area contributed by atoms with Crippen LogP contribution in [0.1, 0.15) is 0 Å². The van der Waals surface area contributed by atoms with Crippen molar-refractivity contribution in [2.45, 2.75) is 0 Å². The van der Waals surface area contributed by atoms with Gasteiger partial charge in [0, 0.05) is 46.7 Å². The molecule has 0 radical (unpaired) electrons. The van der Waals surface area contributed by atoms with Gasteiger partial charge in [-0.25, -0.2) is 4.98 Å². The van der Waals surface area contributed by atoms with Crippen molar-refractivity contribution in [1.82, 2.24) is 14.4 Å². The number of nitrogen functional groups attached to an aromatic ring is 1. The molecule has 0 aliphatic carbocycles. The third-order valence-electron chi connectivity index (χ3n) is 3.70. The van der Waals surface area contributed by atoms with Crippen LogP contribution in [-0.2, 0) is 0 Å². The molecule has 5 heteroatoms. The van der Waals surface area contributed by atoms with Crippen molar-refractivity contribution in [2.75, 3.05) is 5.73 Å². The second kappa shape index (κ2) is 4.66. The summed E-state index contributed by atoms with van der Waals surface area (Å²) < 4.78 is 1.53. The molecule has 0 bridgehead atoms. The van der Waals surface area contributed by atoms with Crippen molar-refractivity contribution in [2.24, 2.45) is 0 Å². The first-order chi connectivity index (χ1) is 10.7. The SMILES string of the molecule is Nc1cccc2c1ccn1c(=O)cc(-c3ccncc3)nc21. The van der Waals surface area contributed by atoms with E-state index >= 15 is 0 Å². The summed E-state index contributed by atoms with van der Waals surface area (Å²) in [6.07, 6.45) is 5.07. The highest BCUT2D eigenvalue weighted by Crippen LogP contribution is 2.24. The lowest BCUT2D eigenvalue weighted by Crippen LogP contribution is -2.14. The molecule has 5 nitrogen and oxygen atoms in total. The molecule has 0 amide bonds. The fraction of sp³-hybridized carbons (Fsp3) is 0. The molecular weight excluding hydrogens is 276 g/mol. The Labute approximate surface area is 125 Å². The number of hydrogen-bond acceptors (Lipinski definition) is 4. The minimum Gasteiger partial charge on any atom is -0.398 e. The second-order valence-corrected chi connectivity index (χ2v) is 5.03. The topological polar surface area (TPSA) is 73.3 Å². The van der Waals surface area contributed by atoms with Gasteiger partial charge in [0.1, 0.15) is 5.65 Å². The molecule has 4 rings (SSSR count). The summed E-state index contributed by atoms with van der Waals surface area (Å²) in [6, 6.07) is 12.7. The average Bonchev–Trinajstić information content (AvgIpc) is 2.56. The van der Waals surface area contributed by atoms with Crippen LogP contribution in [0.5, 0.6) is 0 Å². The fourth-order valence-electron chi connectivity index (χ4n) is 2.61. The van der Waals surface area contributed by atoms with E-state index in [1.54, 1.807) is 18.6 Å². The average molecular weight is 288 g/mol. The standard InChI is InChI=1S/C17H12N4O/c18-14-3-1-2-13-12(14)6-9-21-16(22)10-15(20-17(13)21)11-4-7-19-8-5-11/h1-10H,18H2. The number of pyridine rings is 2. The van der Waals surface area contributed by atoms with E-state index in [1.807, 2.05) is 36.4 Å². The summed E-state index contributed by atoms with van der Waals surface area (Å²) >= 11 is 0. The number of fused-ring (bicyclic) bond motifs is 3. The molecule has 3 heterocycles. The van der Waals surface area contributed by atoms with Gasteiger partial charge in [-0.2, -0.15) is 0 Å². The van der Waals surface area contributed by atoms with Gasteiger partial charge in [-0.15, -0.1) is 0 Å². The van der Waals surface area contributed by atoms with Crippen LogP contribution in [0.2, 0.25) is 0 Å². The molecule has 2 N–H and O–H groups in total. The number of aromatic nitrogens is 3. The number of nitrogens with two attached hydrogens (primary N) is 1. The first-order valence-corrected chi connectivity index (χ1v) is 6.85. The molecule has 22 heavy (non-hydrogen) atoms. The molecule has 4 aromatic rings. The highest BCUT2D eigenvalue weighted by Gasteiger charge is 2.08. The normalized spacial score (nSPS) is 11.1. The molecule has 0 aliphatic heterocycles. The summed E-state index contributed by atoms with van der Waals surface area (Å²) in [5.41, 5.74) is 8.64. The van der Waals surface area contributed by atoms with Gasteiger partial charge < -0.3 is 5.73 Å². The Bertz CT molecular complexity index is 1050. The largest absolute Gasteiger partial charge is 0.398 e. The zero-order valence-corrected chi connectivity index (χ0v) is 11.6. The van der Waals surface area contributed by atoms with E-state index in [2.05, 4.69) is 9.97 Å². The predicted molar refractivity (Wildman–Crippen MR) is 86.6 cm³/mol. The van der Waals surface area contributed by atoms with Gasteiger partial charge in [0.25, 0.3) is 5.56 Å². The molecule has 0 spiro atoms. The molecule has 3 aromatic heterocycles. The van der Waals surface area contributed by atoms with Gasteiger partial charge in [0.15, 0.2) is 0 Å². The monoisotopic (exact) mass is 288 g/mol. The minimum atomic E-state index is -0.124. The van der Waals surface area contributed by atoms with Crippen LogP contribution >= 0.6 is 0 Å². The van der Waals surface area contributed by atoms with E-state index < -0.39 is 0 Å². The highest BCUT2D eigenvalue weighted by atomic mass is 16.1. The third-order valence-corrected chi connectivity index (χ3v) is 3.70. The lowest BCUT2D eigenvalue weighted by Gasteiger charge is -2.08. The van der Waals surface area contributed by atoms with Gasteiger partial charge in [0.05, 0.1) is 5.69 Å². The van der Waals surface area contributed by atoms with Gasteiger partial charge in [0.2, 0.25) is 0 Å². The lowest BCUT2D eigenvalue weighted by molar-refractivity contribution is 1.06. The second-order valence-electron chi connectivity index (χ2n) is 5.03. The van der Waals surface area contributed by atoms with Crippen LogP contribution in [0.3, 0.4) is 0 Å². The lowest BCUT2D eigenvalue weighted by atomic mass is 10.1. The van der Waals surface area contributed by atoms with Crippen molar-refractivity contribution in [3.8, 4) is 11.3 Å². The van der Waals surface area contributed by atoms with E-state index in [0.717, 1.165) is 16.3 Å². The number of nitrogens with zero attached hydrogens (tertiary/aromatic N) is 3. The Hall–Kier alpha value is -3.21. The van der Waals surface area contributed by atoms with Crippen molar-refractivity contribution in [1.29, 1.82) is 0 Å². The van der Waals surface area contributed by atoms with E-state index in [0.29, 0.717) is 17.0 Å². The van der Waals surface area contributed by atoms with Crippen LogP contribution in [0.15, 0.2) is 65.8 Å². The Morgan fingerprint density at radius 3 is 2.64 bits per heavy atom. The molecule has 1 aromatic carbocycles. The Morgan fingerprint density at radius 2 is 1.82 bits per heavy atom. The maximum Gasteiger partial charge on any atom is 0.258 e. The van der Waals surface area contributed by atoms with Crippen molar-refractivity contribution < 1.29 is 0 Å². The van der Waals surface area contributed by atoms with Gasteiger partial charge in [-0.1, -0.05) is 12.1 Å². The van der Waals surface area contributed by atoms with E-state index in [1.165, 1.54) is 10.5 Å². The molecule has 0 saturated carbocycles. The van der Waals surface area contributed by atoms with Crippen LogP contribution in [0, 0.1) is 0 Å². The number of anilines is 1. The maximum absolute atomic E-state index is 12.4. The van der Waals surface area contributed by atoms with Crippen molar-refractivity contribution in [3.05, 3.63) is 71.4 Å². The first kappa shape index (κ1) is 12.5. The summed E-state index contributed by atoms with van der Waals surface area (Å²) in [6.45, 7) is 0. The number of rotatable bonds is 1. The van der Waals surface area contributed by atoms with E-state index in [9.17, 15) is 4.79 Å². The Morgan fingerprint density at radius 1 is 1.00 bits per heavy atom. The number of benzene rings is 1. The quantitative estimate of drug-likeness (QED) is 0.431. The van der Waals surface area contributed by atoms with Crippen molar-refractivity contribution >= 4 is 22.1 Å². The van der Waals surface area contributed by atoms with Gasteiger partial charge in [-0.3, -0.25) is 14.2 Å². The summed E-state index contributed by atoms with van der Waals surface area (Å²) in [4.78, 5) is 21.0. The van der Waals surface area contributed by atoms with E-state index in [-0.39, 0.29) is 5.56 Å². The van der Waals surface area contributed by atoms with Crippen molar-refractivity contribution in [3.63, 3.8) is 0 Å². The zero-order chi connectivity index (χ0) is 15.1. The Balaban J connectivity index is 2.14. The van der Waals surface area contributed by atoms with Crippen LogP contribution in [0.4, 0.5) is 5.69 Å². The zero-order valence-electron chi connectivity index (χ0n) is 11.6. The first-order valence-electron chi connectivity index (χ1n) is 6.85. The van der Waals surface area contributed by atoms with Gasteiger partial charge in [-0.05, 0) is 24.3 Å². The molecule has 0 fully saturated rings. The molecule has 0 unspecified atom stereocenters. The smallest absolute Gasteiger partial charge is 0.258 e. The predicted octanol–water partition coefficient (Wildman–Crippen LogP) is 2.49. The third kappa shape index (κ3) is 1.83. The fourth-order valence-corrected chi connectivity index (χ4v) is 2.61. The molecular formula is C17H12N4O. The number of hydrogen-bond donors (Lipinski definition) is 1. The maximum atomic E-state index is 12.4. The van der Waals surface area contributed by atoms with E-state index in [4.69, 9.17) is 5.73 Å². The molecule has 0 aliphatic rings. The molecule has 0 atom stereocenters. The van der Waals surface area contributed by atoms with Gasteiger partial charge >= 0.3 is 0 Å². The highest BCUT2D eigenvalue weighted by molar-refractivity contribution is 6.00.